The second kappa shape index (κ2) is 9.95. The first kappa shape index (κ1) is 23.3. The maximum absolute atomic E-state index is 12.9. The number of nitrogens with one attached hydrogen (secondary N) is 1. The van der Waals surface area contributed by atoms with Crippen LogP contribution in [0.4, 0.5) is 0 Å². The van der Waals surface area contributed by atoms with Gasteiger partial charge in [-0.3, -0.25) is 9.59 Å². The van der Waals surface area contributed by atoms with Crippen molar-refractivity contribution in [3.8, 4) is 0 Å². The standard InChI is InChI=1S/C27H28N2O5/c1-3-4-15-34-27(33)19-11-9-18(10-12-19)24-23(17(2)30)25(31)26(32)29(24)14-13-20-16-28-22-8-6-5-7-21(20)22/h5-12,16,24,28,31H,3-4,13-15H2,1-2H3. The molecule has 1 amide bonds. The van der Waals surface area contributed by atoms with E-state index >= 15 is 0 Å². The molecule has 34 heavy (non-hydrogen) atoms. The molecule has 176 valence electrons. The van der Waals surface area contributed by atoms with Crippen LogP contribution in [-0.2, 0) is 20.7 Å². The monoisotopic (exact) mass is 460 g/mol. The van der Waals surface area contributed by atoms with E-state index in [0.717, 1.165) is 29.3 Å². The van der Waals surface area contributed by atoms with E-state index in [1.165, 1.54) is 11.8 Å². The van der Waals surface area contributed by atoms with Crippen LogP contribution < -0.4 is 0 Å². The summed E-state index contributed by atoms with van der Waals surface area (Å²) in [7, 11) is 0. The molecule has 2 heterocycles. The number of unbranched alkanes of at least 4 members (excludes halogenated alkanes) is 1. The summed E-state index contributed by atoms with van der Waals surface area (Å²) in [4.78, 5) is 42.3. The molecule has 7 heteroatoms. The average Bonchev–Trinajstić information content (AvgIpc) is 3.36. The van der Waals surface area contributed by atoms with Gasteiger partial charge in [-0.15, -0.1) is 0 Å². The van der Waals surface area contributed by atoms with E-state index < -0.39 is 23.7 Å². The van der Waals surface area contributed by atoms with Crippen molar-refractivity contribution in [2.75, 3.05) is 13.2 Å². The highest BCUT2D eigenvalue weighted by atomic mass is 16.5. The molecule has 4 rings (SSSR count). The topological polar surface area (TPSA) is 99.7 Å². The Morgan fingerprint density at radius 3 is 2.56 bits per heavy atom. The lowest BCUT2D eigenvalue weighted by molar-refractivity contribution is -0.129. The Balaban J connectivity index is 1.58. The molecule has 3 aromatic rings. The van der Waals surface area contributed by atoms with Crippen molar-refractivity contribution in [1.29, 1.82) is 0 Å². The van der Waals surface area contributed by atoms with Gasteiger partial charge in [0.15, 0.2) is 11.5 Å². The van der Waals surface area contributed by atoms with Crippen LogP contribution in [0.1, 0.15) is 54.2 Å². The summed E-state index contributed by atoms with van der Waals surface area (Å²) in [5.74, 6) is -1.87. The van der Waals surface area contributed by atoms with Crippen LogP contribution in [-0.4, -0.2) is 45.8 Å². The van der Waals surface area contributed by atoms with E-state index in [-0.39, 0.29) is 11.4 Å². The number of hydrogen-bond donors (Lipinski definition) is 2. The highest BCUT2D eigenvalue weighted by molar-refractivity contribution is 6.08. The second-order valence-electron chi connectivity index (χ2n) is 8.44. The quantitative estimate of drug-likeness (QED) is 0.358. The van der Waals surface area contributed by atoms with Crippen molar-refractivity contribution in [3.63, 3.8) is 0 Å². The smallest absolute Gasteiger partial charge is 0.338 e. The predicted molar refractivity (Wildman–Crippen MR) is 128 cm³/mol. The molecule has 0 radical (unpaired) electrons. The number of rotatable bonds is 9. The first-order valence-electron chi connectivity index (χ1n) is 11.5. The highest BCUT2D eigenvalue weighted by Gasteiger charge is 2.42. The van der Waals surface area contributed by atoms with E-state index in [0.29, 0.717) is 30.7 Å². The van der Waals surface area contributed by atoms with Crippen molar-refractivity contribution < 1.29 is 24.2 Å². The van der Waals surface area contributed by atoms with Crippen LogP contribution in [0, 0.1) is 0 Å². The number of H-pyrrole nitrogens is 1. The Hall–Kier alpha value is -3.87. The van der Waals surface area contributed by atoms with Crippen molar-refractivity contribution >= 4 is 28.6 Å². The van der Waals surface area contributed by atoms with E-state index in [1.54, 1.807) is 24.3 Å². The zero-order valence-electron chi connectivity index (χ0n) is 19.3. The molecule has 2 N–H and O–H groups in total. The number of aliphatic hydroxyl groups excluding tert-OH is 1. The van der Waals surface area contributed by atoms with Crippen LogP contribution in [0.3, 0.4) is 0 Å². The molecule has 0 aliphatic carbocycles. The molecule has 1 atom stereocenters. The van der Waals surface area contributed by atoms with Gasteiger partial charge in [0.25, 0.3) is 5.91 Å². The first-order valence-corrected chi connectivity index (χ1v) is 11.5. The molecule has 7 nitrogen and oxygen atoms in total. The molecular weight excluding hydrogens is 432 g/mol. The number of aliphatic hydroxyl groups is 1. The van der Waals surface area contributed by atoms with Gasteiger partial charge in [0, 0.05) is 23.6 Å². The molecule has 0 bridgehead atoms. The number of Topliss-reactive ketones (excluding diaryl/α,β-unsaturated/α-hetero) is 1. The minimum absolute atomic E-state index is 0.0715. The molecule has 1 aliphatic rings. The maximum Gasteiger partial charge on any atom is 0.338 e. The fourth-order valence-corrected chi connectivity index (χ4v) is 4.36. The summed E-state index contributed by atoms with van der Waals surface area (Å²) in [5.41, 5.74) is 3.16. The Bertz CT molecular complexity index is 1260. The molecule has 2 aromatic carbocycles. The lowest BCUT2D eigenvalue weighted by atomic mass is 9.95. The summed E-state index contributed by atoms with van der Waals surface area (Å²) < 4.78 is 5.25. The summed E-state index contributed by atoms with van der Waals surface area (Å²) in [6.07, 6.45) is 4.19. The van der Waals surface area contributed by atoms with Crippen molar-refractivity contribution in [2.45, 2.75) is 39.2 Å². The van der Waals surface area contributed by atoms with E-state index in [4.69, 9.17) is 4.74 Å². The van der Waals surface area contributed by atoms with Crippen LogP contribution in [0.15, 0.2) is 66.1 Å². The normalized spacial score (nSPS) is 15.9. The van der Waals surface area contributed by atoms with E-state index in [9.17, 15) is 19.5 Å². The number of ketones is 1. The van der Waals surface area contributed by atoms with Crippen LogP contribution >= 0.6 is 0 Å². The Labute approximate surface area is 198 Å². The molecule has 0 saturated heterocycles. The van der Waals surface area contributed by atoms with Gasteiger partial charge in [-0.2, -0.15) is 0 Å². The SMILES string of the molecule is CCCCOC(=O)c1ccc(C2C(C(C)=O)=C(O)C(=O)N2CCc2c[nH]c3ccccc23)cc1. The number of hydrogen-bond acceptors (Lipinski definition) is 5. The number of para-hydroxylation sites is 1. The number of carbonyl (C=O) groups is 3. The molecular formula is C27H28N2O5. The molecule has 1 unspecified atom stereocenters. The number of nitrogens with zero attached hydrogens (tertiary/aromatic N) is 1. The van der Waals surface area contributed by atoms with Gasteiger partial charge in [-0.1, -0.05) is 43.7 Å². The number of aromatic amines is 1. The molecule has 0 fully saturated rings. The Kier molecular flexibility index (Phi) is 6.82. The number of ether oxygens (including phenoxy) is 1. The summed E-state index contributed by atoms with van der Waals surface area (Å²) >= 11 is 0. The van der Waals surface area contributed by atoms with Crippen LogP contribution in [0.5, 0.6) is 0 Å². The third-order valence-electron chi connectivity index (χ3n) is 6.17. The third-order valence-corrected chi connectivity index (χ3v) is 6.17. The number of aromatic nitrogens is 1. The molecule has 1 aliphatic heterocycles. The Morgan fingerprint density at radius 1 is 1.12 bits per heavy atom. The minimum atomic E-state index is -0.722. The number of fused-ring (bicyclic) bond motifs is 1. The van der Waals surface area contributed by atoms with Gasteiger partial charge < -0.3 is 19.7 Å². The van der Waals surface area contributed by atoms with Gasteiger partial charge in [-0.05, 0) is 49.1 Å². The van der Waals surface area contributed by atoms with Gasteiger partial charge >= 0.3 is 5.97 Å². The largest absolute Gasteiger partial charge is 0.503 e. The van der Waals surface area contributed by atoms with E-state index in [2.05, 4.69) is 4.98 Å². The zero-order chi connectivity index (χ0) is 24.2. The maximum atomic E-state index is 12.9. The highest BCUT2D eigenvalue weighted by Crippen LogP contribution is 2.38. The zero-order valence-corrected chi connectivity index (χ0v) is 19.3. The van der Waals surface area contributed by atoms with Gasteiger partial charge in [-0.25, -0.2) is 4.79 Å². The predicted octanol–water partition coefficient (Wildman–Crippen LogP) is 4.65. The second-order valence-corrected chi connectivity index (χ2v) is 8.44. The third kappa shape index (κ3) is 4.46. The van der Waals surface area contributed by atoms with Crippen molar-refractivity contribution in [2.24, 2.45) is 0 Å². The van der Waals surface area contributed by atoms with Crippen molar-refractivity contribution in [3.05, 3.63) is 82.8 Å². The minimum Gasteiger partial charge on any atom is -0.503 e. The van der Waals surface area contributed by atoms with Crippen LogP contribution in [0.2, 0.25) is 0 Å². The van der Waals surface area contributed by atoms with Gasteiger partial charge in [0.2, 0.25) is 0 Å². The average molecular weight is 461 g/mol. The van der Waals surface area contributed by atoms with Gasteiger partial charge in [0.1, 0.15) is 0 Å². The molecule has 0 saturated carbocycles. The number of esters is 1. The number of benzene rings is 2. The molecule has 0 spiro atoms. The fraction of sp³-hybridized carbons (Fsp3) is 0.296. The fourth-order valence-electron chi connectivity index (χ4n) is 4.36. The summed E-state index contributed by atoms with van der Waals surface area (Å²) in [6, 6.07) is 13.8. The molecule has 1 aromatic heterocycles. The summed E-state index contributed by atoms with van der Waals surface area (Å²) in [5, 5.41) is 11.6. The number of carbonyl (C=O) groups excluding carboxylic acids is 3. The first-order chi connectivity index (χ1) is 16.4. The van der Waals surface area contributed by atoms with Gasteiger partial charge in [0.05, 0.1) is 23.8 Å². The van der Waals surface area contributed by atoms with Crippen molar-refractivity contribution in [1.82, 2.24) is 9.88 Å². The van der Waals surface area contributed by atoms with Crippen LogP contribution in [0.25, 0.3) is 10.9 Å². The lowest BCUT2D eigenvalue weighted by Gasteiger charge is -2.26. The van der Waals surface area contributed by atoms with E-state index in [1.807, 2.05) is 37.4 Å². The Morgan fingerprint density at radius 2 is 1.85 bits per heavy atom. The summed E-state index contributed by atoms with van der Waals surface area (Å²) in [6.45, 7) is 4.04. The lowest BCUT2D eigenvalue weighted by Crippen LogP contribution is -2.33. The number of amides is 1.